The van der Waals surface area contributed by atoms with Gasteiger partial charge in [0.05, 0.1) is 31.5 Å². The molecule has 2 amide bonds. The van der Waals surface area contributed by atoms with Crippen molar-refractivity contribution in [1.82, 2.24) is 10.2 Å². The molecule has 0 spiro atoms. The molecule has 3 aromatic carbocycles. The van der Waals surface area contributed by atoms with E-state index >= 15 is 0 Å². The monoisotopic (exact) mass is 587 g/mol. The Morgan fingerprint density at radius 2 is 1.74 bits per heavy atom. The van der Waals surface area contributed by atoms with Crippen molar-refractivity contribution in [3.05, 3.63) is 101 Å². The van der Waals surface area contributed by atoms with Gasteiger partial charge in [0.1, 0.15) is 0 Å². The second kappa shape index (κ2) is 14.7. The Morgan fingerprint density at radius 1 is 0.953 bits per heavy atom. The topological polar surface area (TPSA) is 120 Å². The maximum Gasteiger partial charge on any atom is 0.319 e. The summed E-state index contributed by atoms with van der Waals surface area (Å²) in [5.41, 5.74) is 4.10. The van der Waals surface area contributed by atoms with Crippen LogP contribution in [-0.4, -0.2) is 64.8 Å². The number of aliphatic hydroxyl groups is 2. The number of amides is 2. The Morgan fingerprint density at radius 3 is 2.47 bits per heavy atom. The molecule has 5 rings (SSSR count). The van der Waals surface area contributed by atoms with Crippen LogP contribution in [0, 0.1) is 0 Å². The third kappa shape index (κ3) is 8.28. The van der Waals surface area contributed by atoms with E-state index in [2.05, 4.69) is 15.5 Å². The number of nitrogens with one attached hydrogen (secondary N) is 2. The number of likely N-dealkylation sites (tertiary alicyclic amines) is 1. The Bertz CT molecular complexity index is 1350. The van der Waals surface area contributed by atoms with Crippen LogP contribution in [0.3, 0.4) is 0 Å². The average Bonchev–Trinajstić information content (AvgIpc) is 3.48. The maximum atomic E-state index is 12.9. The van der Waals surface area contributed by atoms with Gasteiger partial charge in [-0.3, -0.25) is 9.69 Å². The number of urea groups is 1. The smallest absolute Gasteiger partial charge is 0.319 e. The molecule has 0 saturated carbocycles. The molecule has 0 aromatic heterocycles. The molecule has 0 bridgehead atoms. The van der Waals surface area contributed by atoms with Gasteiger partial charge in [-0.25, -0.2) is 4.79 Å². The molecule has 2 fully saturated rings. The molecule has 4 N–H and O–H groups in total. The highest BCUT2D eigenvalue weighted by Crippen LogP contribution is 2.39. The van der Waals surface area contributed by atoms with Crippen molar-refractivity contribution in [1.29, 1.82) is 0 Å². The molecule has 9 nitrogen and oxygen atoms in total. The molecule has 2 saturated heterocycles. The summed E-state index contributed by atoms with van der Waals surface area (Å²) in [6.07, 6.45) is 2.03. The number of hydrogen-bond acceptors (Lipinski definition) is 7. The van der Waals surface area contributed by atoms with Gasteiger partial charge < -0.3 is 30.3 Å². The van der Waals surface area contributed by atoms with E-state index in [1.165, 1.54) is 6.92 Å². The lowest BCUT2D eigenvalue weighted by atomic mass is 9.99. The predicted molar refractivity (Wildman–Crippen MR) is 163 cm³/mol. The van der Waals surface area contributed by atoms with Gasteiger partial charge in [0.25, 0.3) is 0 Å². The number of Topliss-reactive ketones (excluding diaryl/α,β-unsaturated/α-hetero) is 1. The number of benzene rings is 3. The maximum absolute atomic E-state index is 12.9. The largest absolute Gasteiger partial charge is 0.395 e. The number of carbonyl (C=O) groups excluding carboxylic acids is 2. The number of ketones is 1. The van der Waals surface area contributed by atoms with Crippen LogP contribution in [0.15, 0.2) is 78.9 Å². The van der Waals surface area contributed by atoms with E-state index in [0.29, 0.717) is 25.1 Å². The van der Waals surface area contributed by atoms with Crippen LogP contribution in [0.4, 0.5) is 10.5 Å². The highest BCUT2D eigenvalue weighted by atomic mass is 16.7. The number of anilines is 1. The van der Waals surface area contributed by atoms with E-state index < -0.39 is 18.4 Å². The van der Waals surface area contributed by atoms with Gasteiger partial charge in [0.15, 0.2) is 12.1 Å². The van der Waals surface area contributed by atoms with E-state index in [4.69, 9.17) is 9.47 Å². The fourth-order valence-corrected chi connectivity index (χ4v) is 5.87. The molecule has 5 unspecified atom stereocenters. The Hall–Kier alpha value is -3.60. The minimum absolute atomic E-state index is 0.0234. The Balaban J connectivity index is 1.29. The minimum atomic E-state index is -0.677. The first kappa shape index (κ1) is 30.8. The normalized spacial score (nSPS) is 23.0. The summed E-state index contributed by atoms with van der Waals surface area (Å²) < 4.78 is 13.0. The fourth-order valence-electron chi connectivity index (χ4n) is 5.87. The molecule has 9 heteroatoms. The van der Waals surface area contributed by atoms with E-state index in [1.54, 1.807) is 6.07 Å². The molecule has 2 heterocycles. The third-order valence-corrected chi connectivity index (χ3v) is 8.26. The van der Waals surface area contributed by atoms with Crippen LogP contribution in [0.5, 0.6) is 0 Å². The molecule has 3 aromatic rings. The lowest BCUT2D eigenvalue weighted by molar-refractivity contribution is -0.253. The second-order valence-corrected chi connectivity index (χ2v) is 11.4. The van der Waals surface area contributed by atoms with E-state index in [1.807, 2.05) is 72.8 Å². The van der Waals surface area contributed by atoms with Gasteiger partial charge in [-0.2, -0.15) is 0 Å². The Kier molecular flexibility index (Phi) is 10.6. The molecular weight excluding hydrogens is 546 g/mol. The molecule has 0 aliphatic carbocycles. The predicted octanol–water partition coefficient (Wildman–Crippen LogP) is 4.50. The minimum Gasteiger partial charge on any atom is -0.395 e. The molecular formula is C34H41N3O6. The number of hydrogen-bond donors (Lipinski definition) is 4. The van der Waals surface area contributed by atoms with Crippen LogP contribution < -0.4 is 10.6 Å². The summed E-state index contributed by atoms with van der Waals surface area (Å²) in [5.74, 6) is -0.123. The van der Waals surface area contributed by atoms with Gasteiger partial charge in [-0.15, -0.1) is 0 Å². The first-order valence-corrected chi connectivity index (χ1v) is 15.0. The third-order valence-electron chi connectivity index (χ3n) is 8.26. The molecule has 0 radical (unpaired) electrons. The number of rotatable bonds is 11. The van der Waals surface area contributed by atoms with Gasteiger partial charge in [0.2, 0.25) is 0 Å². The number of aliphatic hydroxyl groups excluding tert-OH is 2. The van der Waals surface area contributed by atoms with Crippen molar-refractivity contribution in [2.75, 3.05) is 25.0 Å². The summed E-state index contributed by atoms with van der Waals surface area (Å²) in [4.78, 5) is 27.5. The summed E-state index contributed by atoms with van der Waals surface area (Å²) >= 11 is 0. The van der Waals surface area contributed by atoms with Gasteiger partial charge in [-0.1, -0.05) is 66.7 Å². The average molecular weight is 588 g/mol. The first-order valence-electron chi connectivity index (χ1n) is 15.0. The number of nitrogens with zero attached hydrogens (tertiary/aromatic N) is 1. The molecule has 2 aliphatic rings. The SMILES string of the molecule is CC(=O)C(Cc1ccccc1)NC(=O)Nc1cccc(C2OC(CN3CCCC3CO)CC(c3ccc(CO)cc3)O2)c1. The van der Waals surface area contributed by atoms with Crippen molar-refractivity contribution in [2.45, 2.75) is 69.8 Å². The van der Waals surface area contributed by atoms with Crippen LogP contribution in [0.2, 0.25) is 0 Å². The van der Waals surface area contributed by atoms with Crippen molar-refractivity contribution in [3.8, 4) is 0 Å². The quantitative estimate of drug-likeness (QED) is 0.261. The molecule has 43 heavy (non-hydrogen) atoms. The van der Waals surface area contributed by atoms with E-state index in [-0.39, 0.29) is 37.2 Å². The van der Waals surface area contributed by atoms with Crippen LogP contribution in [-0.2, 0) is 27.3 Å². The van der Waals surface area contributed by atoms with Crippen LogP contribution in [0.1, 0.15) is 60.8 Å². The second-order valence-electron chi connectivity index (χ2n) is 11.4. The fraction of sp³-hybridized carbons (Fsp3) is 0.412. The Labute approximate surface area is 252 Å². The lowest BCUT2D eigenvalue weighted by Crippen LogP contribution is -2.43. The van der Waals surface area contributed by atoms with Crippen LogP contribution >= 0.6 is 0 Å². The highest BCUT2D eigenvalue weighted by molar-refractivity contribution is 5.93. The number of ether oxygens (including phenoxy) is 2. The summed E-state index contributed by atoms with van der Waals surface area (Å²) in [5, 5.41) is 25.0. The zero-order valence-corrected chi connectivity index (χ0v) is 24.5. The van der Waals surface area contributed by atoms with Gasteiger partial charge >= 0.3 is 6.03 Å². The zero-order valence-electron chi connectivity index (χ0n) is 24.5. The molecule has 5 atom stereocenters. The van der Waals surface area contributed by atoms with Gasteiger partial charge in [0, 0.05) is 30.3 Å². The van der Waals surface area contributed by atoms with Crippen LogP contribution in [0.25, 0.3) is 0 Å². The standard InChI is InChI=1S/C34H41N3O6/c1-23(40)31(17-24-7-3-2-4-8-24)36-34(41)35-28-10-5-9-27(18-28)33-42-30(20-37-16-6-11-29(37)22-39)19-32(43-33)26-14-12-25(21-38)13-15-26/h2-5,7-10,12-15,18,29-33,38-39H,6,11,16-17,19-22H2,1H3,(H2,35,36,41). The van der Waals surface area contributed by atoms with Crippen molar-refractivity contribution in [2.24, 2.45) is 0 Å². The van der Waals surface area contributed by atoms with E-state index in [0.717, 1.165) is 41.6 Å². The van der Waals surface area contributed by atoms with E-state index in [9.17, 15) is 19.8 Å². The summed E-state index contributed by atoms with van der Waals surface area (Å²) in [6.45, 7) is 3.19. The summed E-state index contributed by atoms with van der Waals surface area (Å²) in [7, 11) is 0. The highest BCUT2D eigenvalue weighted by Gasteiger charge is 2.35. The first-order chi connectivity index (χ1) is 20.9. The van der Waals surface area contributed by atoms with Crippen molar-refractivity contribution < 1.29 is 29.3 Å². The summed E-state index contributed by atoms with van der Waals surface area (Å²) in [6, 6.07) is 23.7. The molecule has 228 valence electrons. The van der Waals surface area contributed by atoms with Crippen molar-refractivity contribution >= 4 is 17.5 Å². The zero-order chi connectivity index (χ0) is 30.2. The van der Waals surface area contributed by atoms with Gasteiger partial charge in [-0.05, 0) is 61.6 Å². The van der Waals surface area contributed by atoms with Crippen molar-refractivity contribution in [3.63, 3.8) is 0 Å². The number of carbonyl (C=O) groups is 2. The lowest BCUT2D eigenvalue weighted by Gasteiger charge is -2.38. The molecule has 2 aliphatic heterocycles.